The van der Waals surface area contributed by atoms with Crippen LogP contribution < -0.4 is 10.1 Å². The number of aromatic nitrogens is 4. The molecule has 0 unspecified atom stereocenters. The zero-order valence-corrected chi connectivity index (χ0v) is 14.8. The summed E-state index contributed by atoms with van der Waals surface area (Å²) in [5, 5.41) is 7.56. The minimum atomic E-state index is -0.178. The summed E-state index contributed by atoms with van der Waals surface area (Å²) in [6.07, 6.45) is 4.17. The molecule has 2 aromatic heterocycles. The second-order valence-electron chi connectivity index (χ2n) is 5.85. The van der Waals surface area contributed by atoms with Gasteiger partial charge in [-0.25, -0.2) is 9.97 Å². The van der Waals surface area contributed by atoms with E-state index >= 15 is 0 Å². The van der Waals surface area contributed by atoms with Gasteiger partial charge in [-0.2, -0.15) is 5.10 Å². The Labute approximate surface area is 150 Å². The molecule has 0 aliphatic rings. The zero-order chi connectivity index (χ0) is 18.7. The molecule has 0 fully saturated rings. The number of fused-ring (bicyclic) bond motifs is 1. The first-order valence-corrected chi connectivity index (χ1v) is 8.25. The Balaban J connectivity index is 1.94. The minimum absolute atomic E-state index is 0.0939. The molecular formula is C18H19N5O3. The van der Waals surface area contributed by atoms with Crippen LogP contribution in [0, 0.1) is 0 Å². The molecule has 1 aromatic carbocycles. The third-order valence-corrected chi connectivity index (χ3v) is 3.82. The standard InChI is InChI=1S/C18H19N5O3/c1-4-5-16(25)22-12-6-7-15(13(8-12)11(2)24)26-18-14-9-21-23(3)17(14)19-10-20-18/h6-10H,4-5H2,1-3H3,(H,22,25). The van der Waals surface area contributed by atoms with Gasteiger partial charge in [0.15, 0.2) is 11.4 Å². The number of ether oxygens (including phenoxy) is 1. The number of nitrogens with zero attached hydrogens (tertiary/aromatic N) is 4. The molecule has 8 heteroatoms. The maximum Gasteiger partial charge on any atom is 0.233 e. The van der Waals surface area contributed by atoms with Crippen molar-refractivity contribution < 1.29 is 14.3 Å². The highest BCUT2D eigenvalue weighted by Crippen LogP contribution is 2.30. The number of hydrogen-bond donors (Lipinski definition) is 1. The first kappa shape index (κ1) is 17.5. The summed E-state index contributed by atoms with van der Waals surface area (Å²) in [5.74, 6) is 0.398. The highest BCUT2D eigenvalue weighted by Gasteiger charge is 2.15. The van der Waals surface area contributed by atoms with Gasteiger partial charge in [0.25, 0.3) is 0 Å². The molecule has 0 spiro atoms. The fourth-order valence-corrected chi connectivity index (χ4v) is 2.55. The highest BCUT2D eigenvalue weighted by molar-refractivity contribution is 5.99. The Hall–Kier alpha value is -3.29. The van der Waals surface area contributed by atoms with Gasteiger partial charge in [0.1, 0.15) is 17.5 Å². The van der Waals surface area contributed by atoms with Gasteiger partial charge >= 0.3 is 0 Å². The van der Waals surface area contributed by atoms with Gasteiger partial charge in [0.05, 0.1) is 11.8 Å². The lowest BCUT2D eigenvalue weighted by atomic mass is 10.1. The number of carbonyl (C=O) groups is 2. The Morgan fingerprint density at radius 1 is 1.27 bits per heavy atom. The van der Waals surface area contributed by atoms with E-state index in [9.17, 15) is 9.59 Å². The van der Waals surface area contributed by atoms with Gasteiger partial charge in [-0.05, 0) is 31.5 Å². The van der Waals surface area contributed by atoms with Crippen molar-refractivity contribution in [2.45, 2.75) is 26.7 Å². The van der Waals surface area contributed by atoms with Gasteiger partial charge < -0.3 is 10.1 Å². The van der Waals surface area contributed by atoms with E-state index in [0.29, 0.717) is 40.3 Å². The molecular weight excluding hydrogens is 334 g/mol. The molecule has 1 amide bonds. The van der Waals surface area contributed by atoms with Crippen molar-refractivity contribution in [3.8, 4) is 11.6 Å². The number of amides is 1. The maximum atomic E-state index is 12.0. The average Bonchev–Trinajstić information content (AvgIpc) is 2.98. The fraction of sp³-hybridized carbons (Fsp3) is 0.278. The third kappa shape index (κ3) is 3.53. The summed E-state index contributed by atoms with van der Waals surface area (Å²) in [5.41, 5.74) is 1.54. The van der Waals surface area contributed by atoms with Crippen molar-refractivity contribution in [1.29, 1.82) is 0 Å². The van der Waals surface area contributed by atoms with Gasteiger partial charge in [-0.1, -0.05) is 6.92 Å². The number of nitrogens with one attached hydrogen (secondary N) is 1. The van der Waals surface area contributed by atoms with E-state index in [4.69, 9.17) is 4.74 Å². The lowest BCUT2D eigenvalue weighted by Crippen LogP contribution is -2.11. The van der Waals surface area contributed by atoms with Crippen molar-refractivity contribution in [3.63, 3.8) is 0 Å². The molecule has 134 valence electrons. The van der Waals surface area contributed by atoms with E-state index in [1.807, 2.05) is 6.92 Å². The monoisotopic (exact) mass is 353 g/mol. The van der Waals surface area contributed by atoms with Crippen LogP contribution in [0.2, 0.25) is 0 Å². The number of carbonyl (C=O) groups excluding carboxylic acids is 2. The van der Waals surface area contributed by atoms with Gasteiger partial charge in [0, 0.05) is 19.2 Å². The molecule has 0 bridgehead atoms. The van der Waals surface area contributed by atoms with Crippen LogP contribution in [0.4, 0.5) is 5.69 Å². The quantitative estimate of drug-likeness (QED) is 0.684. The van der Waals surface area contributed by atoms with Crippen LogP contribution in [-0.4, -0.2) is 31.4 Å². The second-order valence-corrected chi connectivity index (χ2v) is 5.85. The van der Waals surface area contributed by atoms with Gasteiger partial charge in [-0.15, -0.1) is 0 Å². The van der Waals surface area contributed by atoms with E-state index in [1.54, 1.807) is 36.1 Å². The SMILES string of the molecule is CCCC(=O)Nc1ccc(Oc2ncnc3c2cnn3C)c(C(C)=O)c1. The number of ketones is 1. The summed E-state index contributed by atoms with van der Waals surface area (Å²) in [6, 6.07) is 4.94. The molecule has 3 aromatic rings. The summed E-state index contributed by atoms with van der Waals surface area (Å²) in [4.78, 5) is 32.1. The molecule has 0 aliphatic carbocycles. The molecule has 26 heavy (non-hydrogen) atoms. The molecule has 1 N–H and O–H groups in total. The van der Waals surface area contributed by atoms with Gasteiger partial charge in [0.2, 0.25) is 11.8 Å². The van der Waals surface area contributed by atoms with Crippen molar-refractivity contribution in [2.24, 2.45) is 7.05 Å². The normalized spacial score (nSPS) is 10.7. The molecule has 0 saturated heterocycles. The van der Waals surface area contributed by atoms with E-state index in [1.165, 1.54) is 13.3 Å². The van der Waals surface area contributed by atoms with Crippen molar-refractivity contribution >= 4 is 28.4 Å². The van der Waals surface area contributed by atoms with Crippen LogP contribution in [0.3, 0.4) is 0 Å². The predicted octanol–water partition coefficient (Wildman–Crippen LogP) is 3.10. The van der Waals surface area contributed by atoms with Crippen LogP contribution >= 0.6 is 0 Å². The lowest BCUT2D eigenvalue weighted by molar-refractivity contribution is -0.116. The van der Waals surface area contributed by atoms with Crippen LogP contribution in [0.1, 0.15) is 37.0 Å². The summed E-state index contributed by atoms with van der Waals surface area (Å²) in [7, 11) is 1.77. The predicted molar refractivity (Wildman–Crippen MR) is 96.4 cm³/mol. The molecule has 0 aliphatic heterocycles. The Morgan fingerprint density at radius 2 is 2.08 bits per heavy atom. The molecule has 0 atom stereocenters. The summed E-state index contributed by atoms with van der Waals surface area (Å²) in [6.45, 7) is 3.37. The summed E-state index contributed by atoms with van der Waals surface area (Å²) < 4.78 is 7.48. The van der Waals surface area contributed by atoms with E-state index in [0.717, 1.165) is 6.42 Å². The van der Waals surface area contributed by atoms with Crippen molar-refractivity contribution in [3.05, 3.63) is 36.3 Å². The molecule has 2 heterocycles. The number of hydrogen-bond acceptors (Lipinski definition) is 6. The largest absolute Gasteiger partial charge is 0.437 e. The lowest BCUT2D eigenvalue weighted by Gasteiger charge is -2.12. The fourth-order valence-electron chi connectivity index (χ4n) is 2.55. The van der Waals surface area contributed by atoms with Crippen molar-refractivity contribution in [2.75, 3.05) is 5.32 Å². The van der Waals surface area contributed by atoms with E-state index < -0.39 is 0 Å². The van der Waals surface area contributed by atoms with Crippen LogP contribution in [0.25, 0.3) is 11.0 Å². The average molecular weight is 353 g/mol. The number of aryl methyl sites for hydroxylation is 1. The number of anilines is 1. The van der Waals surface area contributed by atoms with Gasteiger partial charge in [-0.3, -0.25) is 14.3 Å². The van der Waals surface area contributed by atoms with E-state index in [2.05, 4.69) is 20.4 Å². The van der Waals surface area contributed by atoms with Crippen molar-refractivity contribution in [1.82, 2.24) is 19.7 Å². The second kappa shape index (κ2) is 7.30. The van der Waals surface area contributed by atoms with E-state index in [-0.39, 0.29) is 11.7 Å². The zero-order valence-electron chi connectivity index (χ0n) is 14.8. The van der Waals surface area contributed by atoms with Crippen LogP contribution in [-0.2, 0) is 11.8 Å². The number of rotatable bonds is 6. The Morgan fingerprint density at radius 3 is 2.81 bits per heavy atom. The van der Waals surface area contributed by atoms with Crippen LogP contribution in [0.15, 0.2) is 30.7 Å². The highest BCUT2D eigenvalue weighted by atomic mass is 16.5. The summed E-state index contributed by atoms with van der Waals surface area (Å²) >= 11 is 0. The smallest absolute Gasteiger partial charge is 0.233 e. The maximum absolute atomic E-state index is 12.0. The molecule has 3 rings (SSSR count). The first-order chi connectivity index (χ1) is 12.5. The van der Waals surface area contributed by atoms with Crippen LogP contribution in [0.5, 0.6) is 11.6 Å². The Kier molecular flexibility index (Phi) is 4.92. The number of Topliss-reactive ketones (excluding diaryl/α,β-unsaturated/α-hetero) is 1. The number of benzene rings is 1. The molecule has 8 nitrogen and oxygen atoms in total. The third-order valence-electron chi connectivity index (χ3n) is 3.82. The Bertz CT molecular complexity index is 980. The first-order valence-electron chi connectivity index (χ1n) is 8.25. The minimum Gasteiger partial charge on any atom is -0.437 e. The topological polar surface area (TPSA) is 99.0 Å². The molecule has 0 radical (unpaired) electrons. The molecule has 0 saturated carbocycles.